The van der Waals surface area contributed by atoms with Crippen molar-refractivity contribution in [1.29, 1.82) is 0 Å². The quantitative estimate of drug-likeness (QED) is 0.713. The largest absolute Gasteiger partial charge is 0.416 e. The molecule has 2 aliphatic rings. The lowest BCUT2D eigenvalue weighted by Crippen LogP contribution is -2.49. The van der Waals surface area contributed by atoms with Crippen LogP contribution in [0.15, 0.2) is 23.1 Å². The highest BCUT2D eigenvalue weighted by molar-refractivity contribution is 8.18. The normalized spacial score (nSPS) is 19.1. The van der Waals surface area contributed by atoms with E-state index >= 15 is 0 Å². The highest BCUT2D eigenvalue weighted by Crippen LogP contribution is 2.36. The molecule has 3 rings (SSSR count). The minimum atomic E-state index is -4.54. The lowest BCUT2D eigenvalue weighted by molar-refractivity contribution is -0.137. The maximum atomic E-state index is 13.2. The Hall–Kier alpha value is -2.53. The van der Waals surface area contributed by atoms with Gasteiger partial charge in [0.05, 0.1) is 10.5 Å². The van der Waals surface area contributed by atoms with Crippen molar-refractivity contribution in [2.75, 3.05) is 37.6 Å². The van der Waals surface area contributed by atoms with Crippen LogP contribution < -0.4 is 16.0 Å². The Balaban J connectivity index is 1.89. The molecule has 7 nitrogen and oxygen atoms in total. The average molecular weight is 428 g/mol. The molecule has 0 aromatic heterocycles. The number of alkyl halides is 3. The predicted octanol–water partition coefficient (Wildman–Crippen LogP) is 2.03. The van der Waals surface area contributed by atoms with Crippen molar-refractivity contribution in [3.05, 3.63) is 34.2 Å². The highest BCUT2D eigenvalue weighted by atomic mass is 32.2. The number of carbonyl (C=O) groups is 3. The van der Waals surface area contributed by atoms with Crippen LogP contribution in [0.3, 0.4) is 0 Å². The van der Waals surface area contributed by atoms with Gasteiger partial charge in [-0.25, -0.2) is 0 Å². The number of benzene rings is 1. The summed E-state index contributed by atoms with van der Waals surface area (Å²) in [5.41, 5.74) is 5.25. The van der Waals surface area contributed by atoms with E-state index < -0.39 is 22.9 Å². The fourth-order valence-electron chi connectivity index (χ4n) is 3.18. The van der Waals surface area contributed by atoms with Gasteiger partial charge >= 0.3 is 6.18 Å². The Morgan fingerprint density at radius 3 is 2.45 bits per heavy atom. The number of amides is 3. The molecule has 0 bridgehead atoms. The van der Waals surface area contributed by atoms with E-state index in [1.54, 1.807) is 4.90 Å². The molecule has 2 heterocycles. The molecular weight excluding hydrogens is 409 g/mol. The lowest BCUT2D eigenvalue weighted by atomic mass is 10.1. The second-order valence-corrected chi connectivity index (χ2v) is 7.54. The summed E-state index contributed by atoms with van der Waals surface area (Å²) in [5, 5.41) is 1.52. The van der Waals surface area contributed by atoms with E-state index in [2.05, 4.69) is 5.32 Å². The summed E-state index contributed by atoms with van der Waals surface area (Å²) in [6, 6.07) is 3.30. The minimum absolute atomic E-state index is 0.0346. The van der Waals surface area contributed by atoms with Crippen molar-refractivity contribution in [3.63, 3.8) is 0 Å². The number of nitrogens with one attached hydrogen (secondary N) is 1. The van der Waals surface area contributed by atoms with Crippen molar-refractivity contribution in [1.82, 2.24) is 10.2 Å². The molecule has 0 radical (unpaired) electrons. The van der Waals surface area contributed by atoms with Gasteiger partial charge in [0.2, 0.25) is 5.91 Å². The van der Waals surface area contributed by atoms with Crippen molar-refractivity contribution in [2.24, 2.45) is 5.73 Å². The number of halogens is 3. The molecule has 0 saturated carbocycles. The molecule has 1 aromatic rings. The van der Waals surface area contributed by atoms with Gasteiger partial charge in [0.25, 0.3) is 11.1 Å². The zero-order valence-corrected chi connectivity index (χ0v) is 16.1. The van der Waals surface area contributed by atoms with Crippen LogP contribution in [0, 0.1) is 0 Å². The van der Waals surface area contributed by atoms with E-state index in [1.165, 1.54) is 12.1 Å². The second kappa shape index (κ2) is 8.46. The first-order valence-corrected chi connectivity index (χ1v) is 9.69. The van der Waals surface area contributed by atoms with Gasteiger partial charge in [-0.1, -0.05) is 0 Å². The molecule has 2 aliphatic heterocycles. The molecule has 3 amide bonds. The summed E-state index contributed by atoms with van der Waals surface area (Å²) in [5.74, 6) is -0.694. The van der Waals surface area contributed by atoms with Crippen LogP contribution in [0.2, 0.25) is 0 Å². The zero-order chi connectivity index (χ0) is 21.2. The lowest BCUT2D eigenvalue weighted by Gasteiger charge is -2.37. The molecule has 0 atom stereocenters. The Labute approximate surface area is 169 Å². The number of piperazine rings is 1. The maximum Gasteiger partial charge on any atom is 0.416 e. The van der Waals surface area contributed by atoms with Crippen LogP contribution in [0.25, 0.3) is 6.08 Å². The zero-order valence-electron chi connectivity index (χ0n) is 15.3. The molecule has 3 N–H and O–H groups in total. The van der Waals surface area contributed by atoms with Gasteiger partial charge in [-0.3, -0.25) is 19.7 Å². The Morgan fingerprint density at radius 2 is 1.90 bits per heavy atom. The summed E-state index contributed by atoms with van der Waals surface area (Å²) < 4.78 is 39.5. The van der Waals surface area contributed by atoms with Gasteiger partial charge in [-0.05, 0) is 41.6 Å². The first-order chi connectivity index (χ1) is 13.7. The van der Waals surface area contributed by atoms with E-state index in [9.17, 15) is 27.6 Å². The van der Waals surface area contributed by atoms with Crippen LogP contribution in [0.4, 0.5) is 23.7 Å². The molecule has 1 aromatic carbocycles. The van der Waals surface area contributed by atoms with Crippen LogP contribution in [0.1, 0.15) is 17.5 Å². The van der Waals surface area contributed by atoms with Crippen LogP contribution in [-0.4, -0.2) is 54.7 Å². The van der Waals surface area contributed by atoms with Crippen molar-refractivity contribution in [2.45, 2.75) is 12.6 Å². The van der Waals surface area contributed by atoms with Crippen LogP contribution in [0.5, 0.6) is 0 Å². The number of imide groups is 1. The summed E-state index contributed by atoms with van der Waals surface area (Å²) in [7, 11) is 0. The fourth-order valence-corrected chi connectivity index (χ4v) is 3.85. The Bertz CT molecular complexity index is 864. The summed E-state index contributed by atoms with van der Waals surface area (Å²) in [4.78, 5) is 38.7. The van der Waals surface area contributed by atoms with Crippen LogP contribution >= 0.6 is 11.8 Å². The smallest absolute Gasteiger partial charge is 0.367 e. The highest BCUT2D eigenvalue weighted by Gasteiger charge is 2.32. The average Bonchev–Trinajstić information content (AvgIpc) is 2.98. The summed E-state index contributed by atoms with van der Waals surface area (Å²) in [6.07, 6.45) is -3.00. The Kier molecular flexibility index (Phi) is 6.18. The maximum absolute atomic E-state index is 13.2. The van der Waals surface area contributed by atoms with Gasteiger partial charge in [-0.2, -0.15) is 13.2 Å². The number of nitrogens with two attached hydrogens (primary N) is 1. The number of hydrogen-bond acceptors (Lipinski definition) is 6. The molecule has 11 heteroatoms. The van der Waals surface area contributed by atoms with Gasteiger partial charge in [0.15, 0.2) is 0 Å². The van der Waals surface area contributed by atoms with Gasteiger partial charge in [-0.15, -0.1) is 0 Å². The number of thioether (sulfide) groups is 1. The predicted molar refractivity (Wildman–Crippen MR) is 103 cm³/mol. The molecule has 0 unspecified atom stereocenters. The Morgan fingerprint density at radius 1 is 1.21 bits per heavy atom. The summed E-state index contributed by atoms with van der Waals surface area (Å²) >= 11 is 0.644. The number of rotatable bonds is 4. The van der Waals surface area contributed by atoms with E-state index in [0.29, 0.717) is 43.6 Å². The molecule has 29 heavy (non-hydrogen) atoms. The van der Waals surface area contributed by atoms with E-state index in [1.807, 2.05) is 4.90 Å². The van der Waals surface area contributed by atoms with Gasteiger partial charge in [0.1, 0.15) is 0 Å². The van der Waals surface area contributed by atoms with Gasteiger partial charge < -0.3 is 15.5 Å². The van der Waals surface area contributed by atoms with Crippen molar-refractivity contribution in [3.8, 4) is 0 Å². The first kappa shape index (κ1) is 21.2. The standard InChI is InChI=1S/C18H19F3N4O3S/c19-18(20,21)12-1-2-13(11(9-12)10-14-16(27)23-17(28)29-14)24-5-7-25(8-6-24)15(26)3-4-22/h1-2,9-10H,3-8,22H2,(H,23,27,28)/b14-10-. The fraction of sp³-hybridized carbons (Fsp3) is 0.389. The SMILES string of the molecule is NCCC(=O)N1CCN(c2ccc(C(F)(F)F)cc2/C=C2\SC(=O)NC2=O)CC1. The summed E-state index contributed by atoms with van der Waals surface area (Å²) in [6.45, 7) is 1.95. The first-order valence-electron chi connectivity index (χ1n) is 8.88. The van der Waals surface area contributed by atoms with E-state index in [0.717, 1.165) is 12.1 Å². The molecule has 0 aliphatic carbocycles. The molecule has 156 valence electrons. The third kappa shape index (κ3) is 4.91. The van der Waals surface area contributed by atoms with E-state index in [4.69, 9.17) is 5.73 Å². The number of nitrogens with zero attached hydrogens (tertiary/aromatic N) is 2. The third-order valence-electron chi connectivity index (χ3n) is 4.61. The van der Waals surface area contributed by atoms with Crippen molar-refractivity contribution < 1.29 is 27.6 Å². The van der Waals surface area contributed by atoms with Crippen molar-refractivity contribution >= 4 is 40.6 Å². The number of anilines is 1. The second-order valence-electron chi connectivity index (χ2n) is 6.53. The number of carbonyl (C=O) groups excluding carboxylic acids is 3. The van der Waals surface area contributed by atoms with Crippen LogP contribution in [-0.2, 0) is 15.8 Å². The monoisotopic (exact) mass is 428 g/mol. The van der Waals surface area contributed by atoms with Gasteiger partial charge in [0, 0.05) is 44.8 Å². The topological polar surface area (TPSA) is 95.7 Å². The third-order valence-corrected chi connectivity index (χ3v) is 5.43. The van der Waals surface area contributed by atoms with E-state index in [-0.39, 0.29) is 29.3 Å². The molecule has 0 spiro atoms. The molecule has 2 fully saturated rings. The number of hydrogen-bond donors (Lipinski definition) is 2. The molecule has 2 saturated heterocycles. The molecular formula is C18H19F3N4O3S. The minimum Gasteiger partial charge on any atom is -0.367 e.